The molecular weight excluding hydrogens is 297 g/mol. The molecule has 7 nitrogen and oxygen atoms in total. The first-order valence-electron chi connectivity index (χ1n) is 6.59. The molecule has 118 valence electrons. The van der Waals surface area contributed by atoms with Crippen molar-refractivity contribution < 1.29 is 28.5 Å². The minimum Gasteiger partial charge on any atom is -0.369 e. The van der Waals surface area contributed by atoms with E-state index in [1.807, 2.05) is 18.2 Å². The molecule has 0 aromatic heterocycles. The Bertz CT molecular complexity index is 475. The summed E-state index contributed by atoms with van der Waals surface area (Å²) in [5.74, 6) is -1.06. The second kappa shape index (κ2) is 8.92. The fraction of sp³-hybridized carbons (Fsp3) is 0.462. The first kappa shape index (κ1) is 17.8. The topological polar surface area (TPSA) is 105 Å². The number of hydroxylamine groups is 1. The molecule has 0 spiro atoms. The van der Waals surface area contributed by atoms with E-state index in [0.29, 0.717) is 6.61 Å². The lowest BCUT2D eigenvalue weighted by Crippen LogP contribution is -2.35. The highest BCUT2D eigenvalue weighted by Crippen LogP contribution is 2.36. The third kappa shape index (κ3) is 8.60. The van der Waals surface area contributed by atoms with Crippen molar-refractivity contribution in [2.75, 3.05) is 6.61 Å². The van der Waals surface area contributed by atoms with Crippen molar-refractivity contribution in [3.05, 3.63) is 35.9 Å². The Hall–Kier alpha value is -1.24. The molecule has 1 aromatic rings. The Morgan fingerprint density at radius 1 is 1.29 bits per heavy atom. The number of phosphoric ester groups is 1. The summed E-state index contributed by atoms with van der Waals surface area (Å²) in [6.07, 6.45) is 2.68. The van der Waals surface area contributed by atoms with E-state index in [0.717, 1.165) is 19.3 Å². The molecule has 21 heavy (non-hydrogen) atoms. The second-order valence-electron chi connectivity index (χ2n) is 4.53. The van der Waals surface area contributed by atoms with Gasteiger partial charge in [0.25, 0.3) is 0 Å². The van der Waals surface area contributed by atoms with Crippen LogP contribution in [-0.4, -0.2) is 28.4 Å². The maximum Gasteiger partial charge on any atom is 0.527 e. The summed E-state index contributed by atoms with van der Waals surface area (Å²) in [5.41, 5.74) is 3.64. The number of benzene rings is 1. The Morgan fingerprint density at radius 3 is 2.57 bits per heavy atom. The van der Waals surface area contributed by atoms with E-state index < -0.39 is 19.8 Å². The average Bonchev–Trinajstić information content (AvgIpc) is 2.41. The van der Waals surface area contributed by atoms with Gasteiger partial charge in [-0.15, -0.1) is 0 Å². The molecule has 1 aromatic carbocycles. The van der Waals surface area contributed by atoms with E-state index in [9.17, 15) is 9.36 Å². The molecule has 0 fully saturated rings. The zero-order chi connectivity index (χ0) is 15.7. The highest BCUT2D eigenvalue weighted by atomic mass is 31.2. The van der Waals surface area contributed by atoms with Gasteiger partial charge in [-0.1, -0.05) is 30.3 Å². The number of aryl methyl sites for hydroxylation is 1. The van der Waals surface area contributed by atoms with Gasteiger partial charge in [-0.3, -0.25) is 9.79 Å². The Morgan fingerprint density at radius 2 is 1.95 bits per heavy atom. The van der Waals surface area contributed by atoms with Crippen LogP contribution in [0.15, 0.2) is 30.3 Å². The molecule has 0 saturated carbocycles. The standard InChI is InChI=1S/C13H20NO6P/c1-11(13(15)20-21(16,17)18)14-19-10-6-5-9-12-7-3-2-4-8-12/h2-4,7-8,11,14H,5-6,9-10H2,1H3,(H2,16,17,18)/t11-/m0/s1. The molecule has 0 saturated heterocycles. The van der Waals surface area contributed by atoms with Gasteiger partial charge < -0.3 is 9.36 Å². The molecular formula is C13H20NO6P. The quantitative estimate of drug-likeness (QED) is 0.360. The Kier molecular flexibility index (Phi) is 7.56. The summed E-state index contributed by atoms with van der Waals surface area (Å²) in [5, 5.41) is 0. The van der Waals surface area contributed by atoms with Gasteiger partial charge in [0, 0.05) is 0 Å². The molecule has 1 atom stereocenters. The van der Waals surface area contributed by atoms with Gasteiger partial charge in [-0.2, -0.15) is 5.48 Å². The van der Waals surface area contributed by atoms with Crippen LogP contribution in [0.1, 0.15) is 25.3 Å². The summed E-state index contributed by atoms with van der Waals surface area (Å²) in [6.45, 7) is 1.78. The van der Waals surface area contributed by atoms with Crippen molar-refractivity contribution in [1.29, 1.82) is 0 Å². The van der Waals surface area contributed by atoms with Gasteiger partial charge in [0.15, 0.2) is 0 Å². The highest BCUT2D eigenvalue weighted by Gasteiger charge is 2.24. The number of carbonyl (C=O) groups is 1. The van der Waals surface area contributed by atoms with Crippen LogP contribution >= 0.6 is 7.82 Å². The SMILES string of the molecule is C[C@H](NOCCCCc1ccccc1)C(=O)OP(=O)(O)O. The first-order valence-corrected chi connectivity index (χ1v) is 8.12. The normalized spacial score (nSPS) is 12.9. The van der Waals surface area contributed by atoms with Crippen LogP contribution in [0.25, 0.3) is 0 Å². The summed E-state index contributed by atoms with van der Waals surface area (Å²) in [6, 6.07) is 9.10. The summed E-state index contributed by atoms with van der Waals surface area (Å²) in [7, 11) is -4.80. The minimum atomic E-state index is -4.80. The summed E-state index contributed by atoms with van der Waals surface area (Å²) < 4.78 is 14.4. The van der Waals surface area contributed by atoms with E-state index in [1.54, 1.807) is 0 Å². The Balaban J connectivity index is 2.08. The van der Waals surface area contributed by atoms with Crippen LogP contribution in [0, 0.1) is 0 Å². The average molecular weight is 317 g/mol. The Labute approximate surface area is 123 Å². The van der Waals surface area contributed by atoms with E-state index in [4.69, 9.17) is 14.6 Å². The van der Waals surface area contributed by atoms with Crippen molar-refractivity contribution in [1.82, 2.24) is 5.48 Å². The van der Waals surface area contributed by atoms with Gasteiger partial charge in [-0.05, 0) is 31.7 Å². The highest BCUT2D eigenvalue weighted by molar-refractivity contribution is 7.46. The number of hydrogen-bond donors (Lipinski definition) is 3. The summed E-state index contributed by atoms with van der Waals surface area (Å²) in [4.78, 5) is 33.2. The maximum atomic E-state index is 11.2. The molecule has 0 amide bonds. The van der Waals surface area contributed by atoms with Crippen molar-refractivity contribution >= 4 is 13.8 Å². The van der Waals surface area contributed by atoms with Gasteiger partial charge in [0.05, 0.1) is 6.61 Å². The number of unbranched alkanes of at least 4 members (excludes halogenated alkanes) is 1. The molecule has 0 aliphatic carbocycles. The van der Waals surface area contributed by atoms with E-state index in [2.05, 4.69) is 22.1 Å². The van der Waals surface area contributed by atoms with Crippen molar-refractivity contribution in [2.45, 2.75) is 32.2 Å². The van der Waals surface area contributed by atoms with Crippen LogP contribution < -0.4 is 5.48 Å². The number of nitrogens with one attached hydrogen (secondary N) is 1. The first-order chi connectivity index (χ1) is 9.88. The number of carbonyl (C=O) groups excluding carboxylic acids is 1. The van der Waals surface area contributed by atoms with E-state index >= 15 is 0 Å². The lowest BCUT2D eigenvalue weighted by Gasteiger charge is -2.13. The van der Waals surface area contributed by atoms with Gasteiger partial charge in [0.1, 0.15) is 6.04 Å². The molecule has 8 heteroatoms. The van der Waals surface area contributed by atoms with E-state index in [1.165, 1.54) is 12.5 Å². The molecule has 0 unspecified atom stereocenters. The van der Waals surface area contributed by atoms with E-state index in [-0.39, 0.29) is 0 Å². The molecule has 0 radical (unpaired) electrons. The second-order valence-corrected chi connectivity index (χ2v) is 5.70. The zero-order valence-electron chi connectivity index (χ0n) is 11.8. The smallest absolute Gasteiger partial charge is 0.369 e. The fourth-order valence-electron chi connectivity index (χ4n) is 1.58. The van der Waals surface area contributed by atoms with Gasteiger partial charge in [-0.25, -0.2) is 9.36 Å². The third-order valence-electron chi connectivity index (χ3n) is 2.63. The van der Waals surface area contributed by atoms with Crippen LogP contribution in [0.4, 0.5) is 0 Å². The minimum absolute atomic E-state index is 0.389. The molecule has 0 heterocycles. The van der Waals surface area contributed by atoms with Crippen molar-refractivity contribution in [3.63, 3.8) is 0 Å². The number of phosphoric acid groups is 1. The monoisotopic (exact) mass is 317 g/mol. The largest absolute Gasteiger partial charge is 0.527 e. The predicted molar refractivity (Wildman–Crippen MR) is 76.1 cm³/mol. The lowest BCUT2D eigenvalue weighted by molar-refractivity contribution is -0.142. The fourth-order valence-corrected chi connectivity index (χ4v) is 1.97. The van der Waals surface area contributed by atoms with Crippen LogP contribution in [0.5, 0.6) is 0 Å². The van der Waals surface area contributed by atoms with Gasteiger partial charge >= 0.3 is 13.8 Å². The predicted octanol–water partition coefficient (Wildman–Crippen LogP) is 1.55. The zero-order valence-corrected chi connectivity index (χ0v) is 12.7. The number of rotatable bonds is 9. The van der Waals surface area contributed by atoms with Crippen LogP contribution in [0.3, 0.4) is 0 Å². The summed E-state index contributed by atoms with van der Waals surface area (Å²) >= 11 is 0. The molecule has 3 N–H and O–H groups in total. The van der Waals surface area contributed by atoms with Crippen molar-refractivity contribution in [2.24, 2.45) is 0 Å². The third-order valence-corrected chi connectivity index (χ3v) is 3.05. The maximum absolute atomic E-state index is 11.2. The van der Waals surface area contributed by atoms with Crippen LogP contribution in [-0.2, 0) is 25.1 Å². The molecule has 0 aliphatic rings. The number of hydrogen-bond acceptors (Lipinski definition) is 5. The van der Waals surface area contributed by atoms with Crippen molar-refractivity contribution in [3.8, 4) is 0 Å². The lowest BCUT2D eigenvalue weighted by atomic mass is 10.1. The molecule has 1 rings (SSSR count). The van der Waals surface area contributed by atoms with Crippen LogP contribution in [0.2, 0.25) is 0 Å². The molecule has 0 bridgehead atoms. The van der Waals surface area contributed by atoms with Gasteiger partial charge in [0.2, 0.25) is 0 Å². The molecule has 0 aliphatic heterocycles.